The average Bonchev–Trinajstić information content (AvgIpc) is 2.16. The van der Waals surface area contributed by atoms with E-state index in [1.165, 1.54) is 0 Å². The van der Waals surface area contributed by atoms with E-state index in [2.05, 4.69) is 4.98 Å². The zero-order valence-electron chi connectivity index (χ0n) is 8.74. The average molecular weight is 263 g/mol. The molecule has 0 aliphatic heterocycles. The van der Waals surface area contributed by atoms with Crippen LogP contribution >= 0.6 is 23.2 Å². The Balaban J connectivity index is 2.69. The fourth-order valence-corrected chi connectivity index (χ4v) is 1.72. The van der Waals surface area contributed by atoms with Crippen molar-refractivity contribution in [2.45, 2.75) is 19.4 Å². The van der Waals surface area contributed by atoms with Crippen molar-refractivity contribution >= 4 is 29.2 Å². The molecule has 1 aromatic rings. The fourth-order valence-electron chi connectivity index (χ4n) is 1.22. The molecule has 0 bridgehead atoms. The number of pyridine rings is 1. The Morgan fingerprint density at radius 1 is 1.50 bits per heavy atom. The van der Waals surface area contributed by atoms with Gasteiger partial charge in [-0.1, -0.05) is 23.2 Å². The molecule has 4 nitrogen and oxygen atoms in total. The maximum absolute atomic E-state index is 11.3. The van der Waals surface area contributed by atoms with Gasteiger partial charge in [0.1, 0.15) is 16.3 Å². The molecule has 1 atom stereocenters. The predicted molar refractivity (Wildman–Crippen MR) is 62.6 cm³/mol. The first kappa shape index (κ1) is 13.2. The van der Waals surface area contributed by atoms with Gasteiger partial charge in [0.15, 0.2) is 0 Å². The van der Waals surface area contributed by atoms with Crippen molar-refractivity contribution in [2.75, 3.05) is 6.61 Å². The number of halogens is 2. The van der Waals surface area contributed by atoms with Gasteiger partial charge in [-0.25, -0.2) is 4.98 Å². The van der Waals surface area contributed by atoms with Crippen LogP contribution in [0.2, 0.25) is 10.3 Å². The topological polar surface area (TPSA) is 65.2 Å². The van der Waals surface area contributed by atoms with E-state index >= 15 is 0 Å². The SMILES string of the molecule is CCOC(=O)C(N)Cc1cc(Cl)nc(Cl)c1. The normalized spacial score (nSPS) is 12.2. The van der Waals surface area contributed by atoms with Crippen LogP contribution in [0, 0.1) is 0 Å². The summed E-state index contributed by atoms with van der Waals surface area (Å²) in [6.07, 6.45) is 0.320. The quantitative estimate of drug-likeness (QED) is 0.664. The largest absolute Gasteiger partial charge is 0.465 e. The maximum Gasteiger partial charge on any atom is 0.323 e. The summed E-state index contributed by atoms with van der Waals surface area (Å²) in [5.41, 5.74) is 6.41. The smallest absolute Gasteiger partial charge is 0.323 e. The summed E-state index contributed by atoms with van der Waals surface area (Å²) in [6.45, 7) is 2.04. The molecule has 0 aliphatic carbocycles. The van der Waals surface area contributed by atoms with Crippen LogP contribution in [0.25, 0.3) is 0 Å². The second kappa shape index (κ2) is 6.03. The number of nitrogens with zero attached hydrogens (tertiary/aromatic N) is 1. The maximum atomic E-state index is 11.3. The van der Waals surface area contributed by atoms with Crippen molar-refractivity contribution in [3.05, 3.63) is 28.0 Å². The van der Waals surface area contributed by atoms with E-state index in [-0.39, 0.29) is 10.3 Å². The standard InChI is InChI=1S/C10H12Cl2N2O2/c1-2-16-10(15)7(13)3-6-4-8(11)14-9(12)5-6/h4-5,7H,2-3,13H2,1H3. The highest BCUT2D eigenvalue weighted by Gasteiger charge is 2.15. The molecule has 0 saturated carbocycles. The van der Waals surface area contributed by atoms with Crippen LogP contribution in [0.4, 0.5) is 0 Å². The molecule has 1 rings (SSSR count). The summed E-state index contributed by atoms with van der Waals surface area (Å²) in [4.78, 5) is 15.1. The third kappa shape index (κ3) is 3.96. The lowest BCUT2D eigenvalue weighted by Gasteiger charge is -2.10. The fraction of sp³-hybridized carbons (Fsp3) is 0.400. The van der Waals surface area contributed by atoms with Crippen LogP contribution in [0.1, 0.15) is 12.5 Å². The lowest BCUT2D eigenvalue weighted by Crippen LogP contribution is -2.34. The lowest BCUT2D eigenvalue weighted by atomic mass is 10.1. The zero-order chi connectivity index (χ0) is 12.1. The molecule has 0 saturated heterocycles. The van der Waals surface area contributed by atoms with Gasteiger partial charge in [0.05, 0.1) is 6.61 Å². The summed E-state index contributed by atoms with van der Waals surface area (Å²) in [5.74, 6) is -0.438. The summed E-state index contributed by atoms with van der Waals surface area (Å²) in [7, 11) is 0. The van der Waals surface area contributed by atoms with Crippen molar-refractivity contribution in [1.29, 1.82) is 0 Å². The van der Waals surface area contributed by atoms with Crippen LogP contribution in [-0.2, 0) is 16.0 Å². The minimum Gasteiger partial charge on any atom is -0.465 e. The molecule has 0 aliphatic rings. The van der Waals surface area contributed by atoms with E-state index in [0.29, 0.717) is 13.0 Å². The van der Waals surface area contributed by atoms with Crippen LogP contribution < -0.4 is 5.73 Å². The number of ether oxygens (including phenoxy) is 1. The monoisotopic (exact) mass is 262 g/mol. The molecule has 0 spiro atoms. The summed E-state index contributed by atoms with van der Waals surface area (Å²) >= 11 is 11.4. The highest BCUT2D eigenvalue weighted by molar-refractivity contribution is 6.32. The molecule has 6 heteroatoms. The van der Waals surface area contributed by atoms with Crippen LogP contribution in [0.5, 0.6) is 0 Å². The molecule has 0 radical (unpaired) electrons. The first-order chi connectivity index (χ1) is 7.52. The van der Waals surface area contributed by atoms with E-state index < -0.39 is 12.0 Å². The molecular weight excluding hydrogens is 251 g/mol. The first-order valence-electron chi connectivity index (χ1n) is 4.77. The lowest BCUT2D eigenvalue weighted by molar-refractivity contribution is -0.144. The van der Waals surface area contributed by atoms with E-state index in [4.69, 9.17) is 33.7 Å². The highest BCUT2D eigenvalue weighted by atomic mass is 35.5. The first-order valence-corrected chi connectivity index (χ1v) is 5.52. The Morgan fingerprint density at radius 2 is 2.06 bits per heavy atom. The van der Waals surface area contributed by atoms with Crippen molar-refractivity contribution in [1.82, 2.24) is 4.98 Å². The van der Waals surface area contributed by atoms with Gasteiger partial charge in [0.25, 0.3) is 0 Å². The van der Waals surface area contributed by atoms with Gasteiger partial charge >= 0.3 is 5.97 Å². The number of hydrogen-bond acceptors (Lipinski definition) is 4. The Morgan fingerprint density at radius 3 is 2.56 bits per heavy atom. The second-order valence-electron chi connectivity index (χ2n) is 3.18. The number of nitrogens with two attached hydrogens (primary N) is 1. The third-order valence-electron chi connectivity index (χ3n) is 1.87. The molecule has 0 aromatic carbocycles. The highest BCUT2D eigenvalue weighted by Crippen LogP contribution is 2.15. The van der Waals surface area contributed by atoms with E-state index in [1.54, 1.807) is 19.1 Å². The molecule has 1 heterocycles. The third-order valence-corrected chi connectivity index (χ3v) is 2.25. The Kier molecular flexibility index (Phi) is 4.99. The van der Waals surface area contributed by atoms with Gasteiger partial charge in [-0.3, -0.25) is 4.79 Å². The Hall–Kier alpha value is -0.840. The van der Waals surface area contributed by atoms with Crippen molar-refractivity contribution in [2.24, 2.45) is 5.73 Å². The number of carbonyl (C=O) groups is 1. The van der Waals surface area contributed by atoms with Gasteiger partial charge in [-0.15, -0.1) is 0 Å². The van der Waals surface area contributed by atoms with Crippen LogP contribution in [-0.4, -0.2) is 23.6 Å². The van der Waals surface area contributed by atoms with E-state index in [9.17, 15) is 4.79 Å². The number of aromatic nitrogens is 1. The second-order valence-corrected chi connectivity index (χ2v) is 3.96. The van der Waals surface area contributed by atoms with Crippen molar-refractivity contribution < 1.29 is 9.53 Å². The van der Waals surface area contributed by atoms with Gasteiger partial charge in [-0.05, 0) is 31.0 Å². The minimum atomic E-state index is -0.713. The van der Waals surface area contributed by atoms with Crippen LogP contribution in [0.3, 0.4) is 0 Å². The van der Waals surface area contributed by atoms with E-state index in [1.807, 2.05) is 0 Å². The number of esters is 1. The van der Waals surface area contributed by atoms with Gasteiger partial charge in [0.2, 0.25) is 0 Å². The molecule has 1 aromatic heterocycles. The molecule has 1 unspecified atom stereocenters. The Labute approximate surface area is 104 Å². The molecule has 0 fully saturated rings. The molecule has 16 heavy (non-hydrogen) atoms. The van der Waals surface area contributed by atoms with Crippen LogP contribution in [0.15, 0.2) is 12.1 Å². The molecular formula is C10H12Cl2N2O2. The molecule has 88 valence electrons. The zero-order valence-corrected chi connectivity index (χ0v) is 10.3. The molecule has 2 N–H and O–H groups in total. The summed E-state index contributed by atoms with van der Waals surface area (Å²) in [5, 5.41) is 0.553. The van der Waals surface area contributed by atoms with E-state index in [0.717, 1.165) is 5.56 Å². The van der Waals surface area contributed by atoms with Crippen molar-refractivity contribution in [3.8, 4) is 0 Å². The summed E-state index contributed by atoms with van der Waals surface area (Å²) in [6, 6.07) is 2.52. The number of carbonyl (C=O) groups excluding carboxylic acids is 1. The number of hydrogen-bond donors (Lipinski definition) is 1. The van der Waals surface area contributed by atoms with Gasteiger partial charge in [0, 0.05) is 0 Å². The van der Waals surface area contributed by atoms with Gasteiger partial charge < -0.3 is 10.5 Å². The summed E-state index contributed by atoms with van der Waals surface area (Å²) < 4.78 is 4.79. The van der Waals surface area contributed by atoms with Gasteiger partial charge in [-0.2, -0.15) is 0 Å². The predicted octanol–water partition coefficient (Wildman–Crippen LogP) is 1.82. The molecule has 0 amide bonds. The van der Waals surface area contributed by atoms with Crippen molar-refractivity contribution in [3.63, 3.8) is 0 Å². The Bertz CT molecular complexity index is 365. The number of rotatable bonds is 4. The minimum absolute atomic E-state index is 0.276.